The third kappa shape index (κ3) is 5.84. The minimum Gasteiger partial charge on any atom is -0.504 e. The third-order valence-corrected chi connectivity index (χ3v) is 10.1. The molecule has 1 aliphatic rings. The number of amidine groups is 2. The Morgan fingerprint density at radius 2 is 1.75 bits per heavy atom. The summed E-state index contributed by atoms with van der Waals surface area (Å²) < 4.78 is 53.3. The maximum absolute atomic E-state index is 13.1. The predicted molar refractivity (Wildman–Crippen MR) is 145 cm³/mol. The van der Waals surface area contributed by atoms with Crippen LogP contribution in [0.1, 0.15) is 78.7 Å². The fourth-order valence-corrected chi connectivity index (χ4v) is 6.86. The number of furan rings is 1. The molecule has 3 rings (SSSR count). The van der Waals surface area contributed by atoms with Crippen LogP contribution in [0.15, 0.2) is 35.1 Å². The first-order valence-corrected chi connectivity index (χ1v) is 14.8. The molecule has 200 valence electrons. The molecular formula is C23H35N5O5S3. The highest BCUT2D eigenvalue weighted by Gasteiger charge is 2.36. The summed E-state index contributed by atoms with van der Waals surface area (Å²) in [5, 5.41) is 18.4. The van der Waals surface area contributed by atoms with E-state index in [2.05, 4.69) is 33.3 Å². The van der Waals surface area contributed by atoms with Gasteiger partial charge in [-0.05, 0) is 43.7 Å². The minimum atomic E-state index is -3.94. The molecule has 1 aliphatic heterocycles. The summed E-state index contributed by atoms with van der Waals surface area (Å²) in [4.78, 5) is 0. The summed E-state index contributed by atoms with van der Waals surface area (Å²) in [6.07, 6.45) is 1.72. The lowest BCUT2D eigenvalue weighted by atomic mass is 9.84. The van der Waals surface area contributed by atoms with Crippen LogP contribution < -0.4 is 10.6 Å². The number of hydrogen-bond acceptors (Lipinski definition) is 8. The van der Waals surface area contributed by atoms with Crippen LogP contribution in [0, 0.1) is 5.41 Å². The van der Waals surface area contributed by atoms with E-state index in [1.807, 2.05) is 26.8 Å². The van der Waals surface area contributed by atoms with E-state index in [0.717, 1.165) is 16.9 Å². The second-order valence-corrected chi connectivity index (χ2v) is 14.9. The van der Waals surface area contributed by atoms with Crippen molar-refractivity contribution in [3.8, 4) is 5.75 Å². The number of sulfonamides is 1. The second kappa shape index (κ2) is 9.92. The van der Waals surface area contributed by atoms with Gasteiger partial charge in [-0.1, -0.05) is 34.6 Å². The Hall–Kier alpha value is -2.22. The molecule has 0 saturated carbocycles. The fourth-order valence-electron chi connectivity index (χ4n) is 3.33. The van der Waals surface area contributed by atoms with Crippen LogP contribution in [0.4, 0.5) is 5.69 Å². The van der Waals surface area contributed by atoms with Gasteiger partial charge in [0.2, 0.25) is 0 Å². The molecule has 2 aromatic rings. The highest BCUT2D eigenvalue weighted by atomic mass is 32.2. The van der Waals surface area contributed by atoms with Crippen LogP contribution in [-0.2, 0) is 21.2 Å². The zero-order valence-electron chi connectivity index (χ0n) is 22.0. The summed E-state index contributed by atoms with van der Waals surface area (Å²) in [6.45, 7) is 15.5. The van der Waals surface area contributed by atoms with Crippen LogP contribution in [0.3, 0.4) is 0 Å². The van der Waals surface area contributed by atoms with Crippen LogP contribution >= 0.6 is 11.3 Å². The van der Waals surface area contributed by atoms with Gasteiger partial charge in [0.05, 0.1) is 18.0 Å². The first kappa shape index (κ1) is 28.4. The Morgan fingerprint density at radius 3 is 2.28 bits per heavy atom. The van der Waals surface area contributed by atoms with Crippen molar-refractivity contribution < 1.29 is 22.2 Å². The van der Waals surface area contributed by atoms with Crippen LogP contribution in [0.25, 0.3) is 0 Å². The number of aromatic hydroxyl groups is 1. The van der Waals surface area contributed by atoms with E-state index in [-0.39, 0.29) is 33.0 Å². The number of nitrogens with zero attached hydrogens (tertiary/aromatic N) is 3. The highest BCUT2D eigenvalue weighted by Crippen LogP contribution is 2.41. The van der Waals surface area contributed by atoms with Gasteiger partial charge in [0.1, 0.15) is 5.76 Å². The third-order valence-electron chi connectivity index (χ3n) is 5.83. The average molecular weight is 558 g/mol. The second-order valence-electron chi connectivity index (χ2n) is 11.0. The fraction of sp³-hybridized carbons (Fsp3) is 0.565. The molecular weight excluding hydrogens is 522 g/mol. The lowest BCUT2D eigenvalue weighted by molar-refractivity contribution is 0.264. The molecule has 0 bridgehead atoms. The van der Waals surface area contributed by atoms with Gasteiger partial charge in [0.15, 0.2) is 21.6 Å². The molecule has 2 aromatic heterocycles. The molecule has 3 heterocycles. The Morgan fingerprint density at radius 1 is 1.14 bits per heavy atom. The largest absolute Gasteiger partial charge is 0.504 e. The van der Waals surface area contributed by atoms with Crippen molar-refractivity contribution in [3.05, 3.63) is 29.0 Å². The molecule has 13 heteroatoms. The summed E-state index contributed by atoms with van der Waals surface area (Å²) in [5.41, 5.74) is 0.192. The van der Waals surface area contributed by atoms with Gasteiger partial charge in [0.25, 0.3) is 21.2 Å². The predicted octanol–water partition coefficient (Wildman–Crippen LogP) is 4.77. The van der Waals surface area contributed by atoms with Crippen molar-refractivity contribution in [2.24, 2.45) is 14.2 Å². The number of anilines is 1. The molecule has 0 radical (unpaired) electrons. The topological polar surface area (TPSA) is 137 Å². The van der Waals surface area contributed by atoms with E-state index in [1.165, 1.54) is 16.7 Å². The Kier molecular flexibility index (Phi) is 7.81. The van der Waals surface area contributed by atoms with Crippen molar-refractivity contribution in [3.63, 3.8) is 0 Å². The quantitative estimate of drug-likeness (QED) is 0.465. The van der Waals surface area contributed by atoms with E-state index < -0.39 is 32.5 Å². The van der Waals surface area contributed by atoms with Crippen molar-refractivity contribution >= 4 is 49.9 Å². The van der Waals surface area contributed by atoms with Crippen LogP contribution in [-0.4, -0.2) is 46.3 Å². The van der Waals surface area contributed by atoms with Gasteiger partial charge >= 0.3 is 0 Å². The summed E-state index contributed by atoms with van der Waals surface area (Å²) in [7, 11) is -2.48. The molecule has 10 nitrogen and oxygen atoms in total. The van der Waals surface area contributed by atoms with E-state index in [1.54, 1.807) is 27.0 Å². The van der Waals surface area contributed by atoms with Crippen molar-refractivity contribution in [2.45, 2.75) is 77.1 Å². The highest BCUT2D eigenvalue weighted by molar-refractivity contribution is 7.91. The van der Waals surface area contributed by atoms with E-state index >= 15 is 0 Å². The van der Waals surface area contributed by atoms with E-state index in [9.17, 15) is 17.7 Å². The zero-order valence-corrected chi connectivity index (χ0v) is 24.5. The SMILES string of the molecule is CC(C)c1coc(C(NC2=NS(=O)N=C2Nc2csc(S(=O)(=O)N(C)C(C)(C)C)c2O)C(C)(C)C)c1. The molecule has 0 spiro atoms. The van der Waals surface area contributed by atoms with Crippen LogP contribution in [0.5, 0.6) is 5.75 Å². The first-order chi connectivity index (χ1) is 16.4. The Bertz CT molecular complexity index is 1310. The molecule has 0 fully saturated rings. The van der Waals surface area contributed by atoms with Crippen LogP contribution in [0.2, 0.25) is 0 Å². The lowest BCUT2D eigenvalue weighted by Crippen LogP contribution is -2.42. The van der Waals surface area contributed by atoms with Gasteiger partial charge in [0, 0.05) is 18.0 Å². The van der Waals surface area contributed by atoms with Gasteiger partial charge < -0.3 is 20.2 Å². The molecule has 36 heavy (non-hydrogen) atoms. The molecule has 0 aromatic carbocycles. The molecule has 2 atom stereocenters. The van der Waals surface area contributed by atoms with Gasteiger partial charge in [-0.2, -0.15) is 4.31 Å². The van der Waals surface area contributed by atoms with Crippen molar-refractivity contribution in [2.75, 3.05) is 12.4 Å². The zero-order chi connectivity index (χ0) is 27.2. The molecule has 0 amide bonds. The number of rotatable bonds is 6. The van der Waals surface area contributed by atoms with Crippen molar-refractivity contribution in [1.82, 2.24) is 9.62 Å². The van der Waals surface area contributed by atoms with E-state index in [0.29, 0.717) is 11.7 Å². The van der Waals surface area contributed by atoms with Gasteiger partial charge in [-0.3, -0.25) is 0 Å². The Balaban J connectivity index is 1.89. The smallest absolute Gasteiger partial charge is 0.269 e. The lowest BCUT2D eigenvalue weighted by Gasteiger charge is -2.30. The maximum Gasteiger partial charge on any atom is 0.269 e. The summed E-state index contributed by atoms with van der Waals surface area (Å²) in [6, 6.07) is 1.65. The summed E-state index contributed by atoms with van der Waals surface area (Å²) in [5.74, 6) is 0.901. The van der Waals surface area contributed by atoms with E-state index in [4.69, 9.17) is 4.42 Å². The Labute approximate surface area is 219 Å². The minimum absolute atomic E-state index is 0.124. The normalized spacial score (nSPS) is 17.9. The molecule has 2 unspecified atom stereocenters. The van der Waals surface area contributed by atoms with Gasteiger partial charge in [-0.25, -0.2) is 12.6 Å². The molecule has 0 aliphatic carbocycles. The van der Waals surface area contributed by atoms with Crippen molar-refractivity contribution in [1.29, 1.82) is 0 Å². The first-order valence-electron chi connectivity index (χ1n) is 11.4. The average Bonchev–Trinajstić information content (AvgIpc) is 3.44. The monoisotopic (exact) mass is 557 g/mol. The number of thiophene rings is 1. The number of nitrogens with one attached hydrogen (secondary N) is 2. The summed E-state index contributed by atoms with van der Waals surface area (Å²) >= 11 is -0.994. The standard InChI is InChI=1S/C23H35N5O5S3/c1-13(2)14-10-16(33-11-14)18(22(3,4)5)25-20-19(26-35(30)27-20)24-15-12-34-21(17(15)29)36(31,32)28(9)23(6,7)8/h10-13,18,29H,1-9H3,(H,24,26)(H,25,27). The number of hydrogen-bond donors (Lipinski definition) is 3. The van der Waals surface area contributed by atoms with Gasteiger partial charge in [-0.15, -0.1) is 20.1 Å². The molecule has 0 saturated heterocycles. The maximum atomic E-state index is 13.1. The molecule has 3 N–H and O–H groups in total.